The lowest BCUT2D eigenvalue weighted by Gasteiger charge is -2.42. The van der Waals surface area contributed by atoms with Gasteiger partial charge >= 0.3 is 5.97 Å². The van der Waals surface area contributed by atoms with Gasteiger partial charge in [-0.2, -0.15) is 0 Å². The molecule has 122 valence electrons. The second kappa shape index (κ2) is 7.66. The number of ether oxygens (including phenoxy) is 1. The zero-order valence-corrected chi connectivity index (χ0v) is 13.6. The molecule has 0 atom stereocenters. The molecule has 1 heterocycles. The molecule has 1 aliphatic rings. The van der Waals surface area contributed by atoms with Gasteiger partial charge in [-0.15, -0.1) is 11.3 Å². The monoisotopic (exact) mass is 327 g/mol. The van der Waals surface area contributed by atoms with Gasteiger partial charge in [0, 0.05) is 24.6 Å². The minimum Gasteiger partial charge on any atom is -0.480 e. The van der Waals surface area contributed by atoms with E-state index in [1.54, 1.807) is 12.5 Å². The SMILES string of the molecule is CCN(CC(=O)O)C1CC(NC(=O)c2csc(COC)n2)C1. The highest BCUT2D eigenvalue weighted by molar-refractivity contribution is 7.09. The summed E-state index contributed by atoms with van der Waals surface area (Å²) >= 11 is 1.40. The molecule has 1 fully saturated rings. The van der Waals surface area contributed by atoms with Gasteiger partial charge in [-0.25, -0.2) is 4.98 Å². The molecule has 1 saturated carbocycles. The molecule has 22 heavy (non-hydrogen) atoms. The Hall–Kier alpha value is -1.51. The summed E-state index contributed by atoms with van der Waals surface area (Å²) in [5.41, 5.74) is 0.415. The molecule has 0 radical (unpaired) electrons. The van der Waals surface area contributed by atoms with Gasteiger partial charge in [0.15, 0.2) is 0 Å². The fourth-order valence-corrected chi connectivity index (χ4v) is 3.29. The van der Waals surface area contributed by atoms with Crippen LogP contribution in [0.4, 0.5) is 0 Å². The number of hydrogen-bond donors (Lipinski definition) is 2. The number of aliphatic carboxylic acids is 1. The minimum atomic E-state index is -0.817. The van der Waals surface area contributed by atoms with Crippen LogP contribution < -0.4 is 5.32 Å². The number of thiazole rings is 1. The molecule has 7 nitrogen and oxygen atoms in total. The first kappa shape index (κ1) is 16.9. The lowest BCUT2D eigenvalue weighted by atomic mass is 9.85. The topological polar surface area (TPSA) is 91.8 Å². The van der Waals surface area contributed by atoms with E-state index < -0.39 is 5.97 Å². The predicted octanol–water partition coefficient (Wildman–Crippen LogP) is 0.957. The van der Waals surface area contributed by atoms with Crippen LogP contribution in [0.15, 0.2) is 5.38 Å². The van der Waals surface area contributed by atoms with Crippen LogP contribution >= 0.6 is 11.3 Å². The van der Waals surface area contributed by atoms with E-state index in [9.17, 15) is 9.59 Å². The molecule has 0 unspecified atom stereocenters. The minimum absolute atomic E-state index is 0.0499. The summed E-state index contributed by atoms with van der Waals surface area (Å²) in [7, 11) is 1.59. The fraction of sp³-hybridized carbons (Fsp3) is 0.643. The molecular formula is C14H21N3O4S. The molecule has 0 aromatic carbocycles. The van der Waals surface area contributed by atoms with Crippen LogP contribution in [0.3, 0.4) is 0 Å². The van der Waals surface area contributed by atoms with E-state index in [0.717, 1.165) is 17.8 Å². The third kappa shape index (κ3) is 4.25. The van der Waals surface area contributed by atoms with Crippen molar-refractivity contribution in [3.63, 3.8) is 0 Å². The van der Waals surface area contributed by atoms with Gasteiger partial charge in [-0.05, 0) is 19.4 Å². The maximum atomic E-state index is 12.1. The van der Waals surface area contributed by atoms with Gasteiger partial charge in [-0.3, -0.25) is 14.5 Å². The first-order valence-electron chi connectivity index (χ1n) is 7.23. The summed E-state index contributed by atoms with van der Waals surface area (Å²) in [6.07, 6.45) is 1.56. The van der Waals surface area contributed by atoms with Crippen molar-refractivity contribution in [1.82, 2.24) is 15.2 Å². The maximum Gasteiger partial charge on any atom is 0.317 e. The summed E-state index contributed by atoms with van der Waals surface area (Å²) in [6, 6.07) is 0.318. The Labute approximate surface area is 133 Å². The molecule has 0 spiro atoms. The Morgan fingerprint density at radius 2 is 2.27 bits per heavy atom. The number of hydrogen-bond acceptors (Lipinski definition) is 6. The zero-order valence-electron chi connectivity index (χ0n) is 12.7. The Morgan fingerprint density at radius 1 is 1.55 bits per heavy atom. The highest BCUT2D eigenvalue weighted by Crippen LogP contribution is 2.26. The number of carbonyl (C=O) groups excluding carboxylic acids is 1. The Morgan fingerprint density at radius 3 is 2.86 bits per heavy atom. The molecule has 2 rings (SSSR count). The van der Waals surface area contributed by atoms with Crippen molar-refractivity contribution in [2.75, 3.05) is 20.2 Å². The number of nitrogens with zero attached hydrogens (tertiary/aromatic N) is 2. The molecule has 1 aromatic rings. The molecule has 0 bridgehead atoms. The summed E-state index contributed by atoms with van der Waals surface area (Å²) < 4.78 is 4.98. The molecule has 0 aliphatic heterocycles. The third-order valence-corrected chi connectivity index (χ3v) is 4.58. The van der Waals surface area contributed by atoms with Crippen LogP contribution in [-0.4, -0.2) is 59.1 Å². The van der Waals surface area contributed by atoms with E-state index in [1.807, 2.05) is 11.8 Å². The average Bonchev–Trinajstić information content (AvgIpc) is 2.89. The Balaban J connectivity index is 1.78. The number of methoxy groups -OCH3 is 1. The largest absolute Gasteiger partial charge is 0.480 e. The van der Waals surface area contributed by atoms with Crippen molar-refractivity contribution in [2.24, 2.45) is 0 Å². The smallest absolute Gasteiger partial charge is 0.317 e. The molecule has 1 aromatic heterocycles. The number of nitrogens with one attached hydrogen (secondary N) is 1. The number of carboxylic acid groups (broad SMARTS) is 1. The Bertz CT molecular complexity index is 528. The van der Waals surface area contributed by atoms with Crippen LogP contribution in [0.2, 0.25) is 0 Å². The average molecular weight is 327 g/mol. The van der Waals surface area contributed by atoms with E-state index in [0.29, 0.717) is 18.8 Å². The highest BCUT2D eigenvalue weighted by atomic mass is 32.1. The van der Waals surface area contributed by atoms with Crippen molar-refractivity contribution in [3.05, 3.63) is 16.1 Å². The first-order valence-corrected chi connectivity index (χ1v) is 8.11. The summed E-state index contributed by atoms with van der Waals surface area (Å²) in [5, 5.41) is 14.3. The van der Waals surface area contributed by atoms with Crippen molar-refractivity contribution in [1.29, 1.82) is 0 Å². The van der Waals surface area contributed by atoms with Crippen LogP contribution in [0.5, 0.6) is 0 Å². The van der Waals surface area contributed by atoms with Crippen LogP contribution in [0, 0.1) is 0 Å². The van der Waals surface area contributed by atoms with Gasteiger partial charge in [-0.1, -0.05) is 6.92 Å². The first-order chi connectivity index (χ1) is 10.5. The standard InChI is InChI=1S/C14H21N3O4S/c1-3-17(6-13(18)19)10-4-9(5-10)15-14(20)11-8-22-12(16-11)7-21-2/h8-10H,3-7H2,1-2H3,(H,15,20)(H,18,19). The predicted molar refractivity (Wildman–Crippen MR) is 82.0 cm³/mol. The van der Waals surface area contributed by atoms with E-state index in [2.05, 4.69) is 10.3 Å². The molecule has 1 aliphatic carbocycles. The second-order valence-electron chi connectivity index (χ2n) is 5.31. The van der Waals surface area contributed by atoms with Gasteiger partial charge < -0.3 is 15.2 Å². The van der Waals surface area contributed by atoms with Crippen LogP contribution in [-0.2, 0) is 16.1 Å². The van der Waals surface area contributed by atoms with Gasteiger partial charge in [0.05, 0.1) is 13.2 Å². The fourth-order valence-electron chi connectivity index (χ4n) is 2.54. The number of likely N-dealkylation sites (N-methyl/N-ethyl adjacent to an activating group) is 1. The van der Waals surface area contributed by atoms with Crippen molar-refractivity contribution in [3.8, 4) is 0 Å². The van der Waals surface area contributed by atoms with E-state index in [1.165, 1.54) is 11.3 Å². The lowest BCUT2D eigenvalue weighted by Crippen LogP contribution is -2.54. The number of carboxylic acids is 1. The van der Waals surface area contributed by atoms with Crippen LogP contribution in [0.1, 0.15) is 35.3 Å². The summed E-state index contributed by atoms with van der Waals surface area (Å²) in [5.74, 6) is -0.995. The van der Waals surface area contributed by atoms with Crippen LogP contribution in [0.25, 0.3) is 0 Å². The number of aromatic nitrogens is 1. The van der Waals surface area contributed by atoms with E-state index >= 15 is 0 Å². The third-order valence-electron chi connectivity index (χ3n) is 3.76. The second-order valence-corrected chi connectivity index (χ2v) is 6.25. The molecule has 0 saturated heterocycles. The summed E-state index contributed by atoms with van der Waals surface area (Å²) in [6.45, 7) is 3.10. The molecule has 2 N–H and O–H groups in total. The lowest BCUT2D eigenvalue weighted by molar-refractivity contribution is -0.139. The Kier molecular flexibility index (Phi) is 5.87. The van der Waals surface area contributed by atoms with Crippen molar-refractivity contribution >= 4 is 23.2 Å². The van der Waals surface area contributed by atoms with Gasteiger partial charge in [0.25, 0.3) is 5.91 Å². The van der Waals surface area contributed by atoms with Gasteiger partial charge in [0.2, 0.25) is 0 Å². The quantitative estimate of drug-likeness (QED) is 0.739. The van der Waals surface area contributed by atoms with E-state index in [4.69, 9.17) is 9.84 Å². The zero-order chi connectivity index (χ0) is 16.1. The molecule has 8 heteroatoms. The maximum absolute atomic E-state index is 12.1. The molecule has 1 amide bonds. The molecular weight excluding hydrogens is 306 g/mol. The van der Waals surface area contributed by atoms with Gasteiger partial charge in [0.1, 0.15) is 10.7 Å². The normalized spacial score (nSPS) is 20.7. The van der Waals surface area contributed by atoms with E-state index in [-0.39, 0.29) is 24.5 Å². The summed E-state index contributed by atoms with van der Waals surface area (Å²) in [4.78, 5) is 29.0. The number of carbonyl (C=O) groups is 2. The number of rotatable bonds is 8. The van der Waals surface area contributed by atoms with Crippen molar-refractivity contribution in [2.45, 2.75) is 38.5 Å². The number of amides is 1. The van der Waals surface area contributed by atoms with Crippen molar-refractivity contribution < 1.29 is 19.4 Å². The highest BCUT2D eigenvalue weighted by Gasteiger charge is 2.35.